The number of nitrogens with one attached hydrogen (secondary N) is 1. The van der Waals surface area contributed by atoms with E-state index in [9.17, 15) is 4.79 Å². The van der Waals surface area contributed by atoms with Crippen LogP contribution in [0.1, 0.15) is 50.3 Å². The number of amides is 1. The lowest BCUT2D eigenvalue weighted by Gasteiger charge is -2.17. The van der Waals surface area contributed by atoms with Gasteiger partial charge in [-0.05, 0) is 51.5 Å². The fraction of sp³-hybridized carbons (Fsp3) is 0.579. The highest BCUT2D eigenvalue weighted by atomic mass is 16.5. The van der Waals surface area contributed by atoms with Gasteiger partial charge in [0.1, 0.15) is 5.69 Å². The Bertz CT molecular complexity index is 692. The first-order valence-electron chi connectivity index (χ1n) is 9.29. The van der Waals surface area contributed by atoms with Gasteiger partial charge in [-0.3, -0.25) is 9.20 Å². The maximum Gasteiger partial charge on any atom is 0.270 e. The van der Waals surface area contributed by atoms with Crippen LogP contribution in [0.4, 0.5) is 0 Å². The van der Waals surface area contributed by atoms with Crippen LogP contribution in [-0.4, -0.2) is 53.0 Å². The van der Waals surface area contributed by atoms with Gasteiger partial charge in [-0.25, -0.2) is 4.98 Å². The van der Waals surface area contributed by atoms with Crippen molar-refractivity contribution < 1.29 is 9.53 Å². The monoisotopic (exact) mass is 346 g/mol. The quantitative estimate of drug-likeness (QED) is 0.672. The molecule has 0 radical (unpaired) electrons. The number of fused-ring (bicyclic) bond motifs is 1. The van der Waals surface area contributed by atoms with Gasteiger partial charge in [-0.15, -0.1) is 0 Å². The molecule has 2 aromatic rings. The Balaban J connectivity index is 2.13. The first-order chi connectivity index (χ1) is 12.2. The lowest BCUT2D eigenvalue weighted by atomic mass is 10.2. The molecule has 2 heterocycles. The summed E-state index contributed by atoms with van der Waals surface area (Å²) in [7, 11) is 0. The van der Waals surface area contributed by atoms with Crippen molar-refractivity contribution in [2.75, 3.05) is 32.8 Å². The summed E-state index contributed by atoms with van der Waals surface area (Å²) in [6.45, 7) is 12.6. The van der Waals surface area contributed by atoms with Gasteiger partial charge >= 0.3 is 0 Å². The Hall–Kier alpha value is -2.08. The zero-order valence-corrected chi connectivity index (χ0v) is 15.8. The number of imidazole rings is 1. The Morgan fingerprint density at radius 2 is 2.04 bits per heavy atom. The first kappa shape index (κ1) is 19.2. The Kier molecular flexibility index (Phi) is 7.25. The van der Waals surface area contributed by atoms with Gasteiger partial charge < -0.3 is 15.0 Å². The van der Waals surface area contributed by atoms with Crippen LogP contribution in [0.25, 0.3) is 5.65 Å². The van der Waals surface area contributed by atoms with E-state index < -0.39 is 0 Å². The van der Waals surface area contributed by atoms with Crippen LogP contribution >= 0.6 is 0 Å². The predicted octanol–water partition coefficient (Wildman–Crippen LogP) is 2.76. The van der Waals surface area contributed by atoms with E-state index in [1.165, 1.54) is 0 Å². The Morgan fingerprint density at radius 1 is 1.28 bits per heavy atom. The van der Waals surface area contributed by atoms with Gasteiger partial charge in [0, 0.05) is 12.7 Å². The fourth-order valence-corrected chi connectivity index (χ4v) is 2.97. The number of carbonyl (C=O) groups is 1. The molecule has 0 spiro atoms. The van der Waals surface area contributed by atoms with E-state index in [0.29, 0.717) is 36.7 Å². The van der Waals surface area contributed by atoms with Gasteiger partial charge in [-0.1, -0.05) is 20.8 Å². The molecule has 0 aliphatic carbocycles. The number of ether oxygens (including phenoxy) is 1. The van der Waals surface area contributed by atoms with E-state index in [-0.39, 0.29) is 5.91 Å². The van der Waals surface area contributed by atoms with Gasteiger partial charge in [0.15, 0.2) is 11.4 Å². The van der Waals surface area contributed by atoms with E-state index in [1.54, 1.807) is 0 Å². The van der Waals surface area contributed by atoms with Crippen molar-refractivity contribution >= 4 is 11.6 Å². The van der Waals surface area contributed by atoms with Crippen LogP contribution in [0, 0.1) is 0 Å². The van der Waals surface area contributed by atoms with Crippen molar-refractivity contribution in [1.29, 1.82) is 0 Å². The van der Waals surface area contributed by atoms with Gasteiger partial charge in [0.05, 0.1) is 12.3 Å². The summed E-state index contributed by atoms with van der Waals surface area (Å²) in [5.74, 6) is 0.637. The molecule has 0 atom stereocenters. The predicted molar refractivity (Wildman–Crippen MR) is 100 cm³/mol. The summed E-state index contributed by atoms with van der Waals surface area (Å²) in [5, 5.41) is 3.04. The van der Waals surface area contributed by atoms with Crippen LogP contribution in [0.2, 0.25) is 0 Å². The lowest BCUT2D eigenvalue weighted by molar-refractivity contribution is 0.0945. The molecule has 0 unspecified atom stereocenters. The normalized spacial score (nSPS) is 11.2. The smallest absolute Gasteiger partial charge is 0.270 e. The van der Waals surface area contributed by atoms with E-state index >= 15 is 0 Å². The highest BCUT2D eigenvalue weighted by molar-refractivity contribution is 5.95. The second kappa shape index (κ2) is 9.42. The molecular weight excluding hydrogens is 316 g/mol. The van der Waals surface area contributed by atoms with Crippen molar-refractivity contribution in [1.82, 2.24) is 19.6 Å². The summed E-state index contributed by atoms with van der Waals surface area (Å²) in [6, 6.07) is 3.77. The Morgan fingerprint density at radius 3 is 2.68 bits per heavy atom. The molecule has 0 aromatic carbocycles. The number of aromatic nitrogens is 2. The topological polar surface area (TPSA) is 58.9 Å². The molecule has 138 valence electrons. The number of aryl methyl sites for hydroxylation is 1. The van der Waals surface area contributed by atoms with Crippen molar-refractivity contribution in [3.05, 3.63) is 29.7 Å². The molecule has 0 aliphatic heterocycles. The molecule has 0 fully saturated rings. The molecule has 0 aliphatic rings. The SMILES string of the molecule is CCOc1cccn2c(C(=O)NCCCN(CC)CC)c(CC)nc12. The zero-order valence-electron chi connectivity index (χ0n) is 15.8. The minimum Gasteiger partial charge on any atom is -0.490 e. The lowest BCUT2D eigenvalue weighted by Crippen LogP contribution is -2.30. The van der Waals surface area contributed by atoms with Crippen LogP contribution < -0.4 is 10.1 Å². The molecular formula is C19H30N4O2. The number of hydrogen-bond acceptors (Lipinski definition) is 4. The third-order valence-electron chi connectivity index (χ3n) is 4.37. The number of rotatable bonds is 10. The standard InChI is InChI=1S/C19H30N4O2/c1-5-15-17(19(24)20-12-10-13-22(6-2)7-3)23-14-9-11-16(25-8-4)18(23)21-15/h9,11,14H,5-8,10,12-13H2,1-4H3,(H,20,24). The molecule has 6 heteroatoms. The third kappa shape index (κ3) is 4.51. The highest BCUT2D eigenvalue weighted by Crippen LogP contribution is 2.22. The van der Waals surface area contributed by atoms with Crippen LogP contribution in [0.15, 0.2) is 18.3 Å². The fourth-order valence-electron chi connectivity index (χ4n) is 2.97. The molecule has 0 saturated heterocycles. The van der Waals surface area contributed by atoms with E-state index in [0.717, 1.165) is 31.7 Å². The maximum absolute atomic E-state index is 12.7. The minimum atomic E-state index is -0.0717. The van der Waals surface area contributed by atoms with Gasteiger partial charge in [0.25, 0.3) is 5.91 Å². The number of pyridine rings is 1. The molecule has 0 bridgehead atoms. The maximum atomic E-state index is 12.7. The number of carbonyl (C=O) groups excluding carboxylic acids is 1. The van der Waals surface area contributed by atoms with Crippen molar-refractivity contribution in [2.45, 2.75) is 40.5 Å². The first-order valence-corrected chi connectivity index (χ1v) is 9.29. The molecule has 25 heavy (non-hydrogen) atoms. The average molecular weight is 346 g/mol. The average Bonchev–Trinajstić information content (AvgIpc) is 3.01. The second-order valence-electron chi connectivity index (χ2n) is 5.90. The van der Waals surface area contributed by atoms with Crippen LogP contribution in [0.3, 0.4) is 0 Å². The van der Waals surface area contributed by atoms with Crippen molar-refractivity contribution in [3.63, 3.8) is 0 Å². The van der Waals surface area contributed by atoms with E-state index in [2.05, 4.69) is 29.0 Å². The van der Waals surface area contributed by atoms with Crippen LogP contribution in [-0.2, 0) is 6.42 Å². The summed E-state index contributed by atoms with van der Waals surface area (Å²) in [6.07, 6.45) is 3.51. The molecule has 2 rings (SSSR count). The summed E-state index contributed by atoms with van der Waals surface area (Å²) < 4.78 is 7.48. The Labute approximate surface area is 150 Å². The van der Waals surface area contributed by atoms with E-state index in [4.69, 9.17) is 4.74 Å². The third-order valence-corrected chi connectivity index (χ3v) is 4.37. The van der Waals surface area contributed by atoms with Crippen molar-refractivity contribution in [3.8, 4) is 5.75 Å². The largest absolute Gasteiger partial charge is 0.490 e. The molecule has 1 amide bonds. The highest BCUT2D eigenvalue weighted by Gasteiger charge is 2.19. The van der Waals surface area contributed by atoms with Gasteiger partial charge in [-0.2, -0.15) is 0 Å². The van der Waals surface area contributed by atoms with Crippen LogP contribution in [0.5, 0.6) is 5.75 Å². The summed E-state index contributed by atoms with van der Waals surface area (Å²) in [5.41, 5.74) is 2.12. The minimum absolute atomic E-state index is 0.0717. The van der Waals surface area contributed by atoms with E-state index in [1.807, 2.05) is 36.6 Å². The van der Waals surface area contributed by atoms with Crippen molar-refractivity contribution in [2.24, 2.45) is 0 Å². The summed E-state index contributed by atoms with van der Waals surface area (Å²) in [4.78, 5) is 19.7. The zero-order chi connectivity index (χ0) is 18.2. The number of hydrogen-bond donors (Lipinski definition) is 1. The molecule has 6 nitrogen and oxygen atoms in total. The molecule has 0 saturated carbocycles. The summed E-state index contributed by atoms with van der Waals surface area (Å²) >= 11 is 0. The molecule has 2 aromatic heterocycles. The number of nitrogens with zero attached hydrogens (tertiary/aromatic N) is 3. The molecule has 1 N–H and O–H groups in total. The second-order valence-corrected chi connectivity index (χ2v) is 5.90. The van der Waals surface area contributed by atoms with Gasteiger partial charge in [0.2, 0.25) is 0 Å².